The molecule has 2 aliphatic rings. The molecule has 2 aliphatic heterocycles. The van der Waals surface area contributed by atoms with Gasteiger partial charge in [-0.1, -0.05) is 0 Å². The van der Waals surface area contributed by atoms with Gasteiger partial charge in [-0.3, -0.25) is 4.68 Å². The van der Waals surface area contributed by atoms with Crippen molar-refractivity contribution in [3.8, 4) is 0 Å². The Labute approximate surface area is 159 Å². The highest BCUT2D eigenvalue weighted by Gasteiger charge is 2.37. The first-order valence-corrected chi connectivity index (χ1v) is 10.9. The van der Waals surface area contributed by atoms with Crippen LogP contribution in [-0.4, -0.2) is 57.0 Å². The Balaban J connectivity index is 1.63. The van der Waals surface area contributed by atoms with Crippen molar-refractivity contribution in [2.45, 2.75) is 63.6 Å². The van der Waals surface area contributed by atoms with Crippen molar-refractivity contribution >= 4 is 10.0 Å². The van der Waals surface area contributed by atoms with Crippen molar-refractivity contribution in [2.75, 3.05) is 19.8 Å². The number of fused-ring (bicyclic) bond motifs is 1. The van der Waals surface area contributed by atoms with Gasteiger partial charge in [0.15, 0.2) is 0 Å². The van der Waals surface area contributed by atoms with E-state index in [1.807, 2.05) is 13.8 Å². The maximum Gasteiger partial charge on any atom is 0.246 e. The lowest BCUT2D eigenvalue weighted by Gasteiger charge is -2.33. The number of hydrogen-bond acceptors (Lipinski definition) is 6. The van der Waals surface area contributed by atoms with Gasteiger partial charge in [0.1, 0.15) is 16.5 Å². The third-order valence-corrected chi connectivity index (χ3v) is 7.50. The van der Waals surface area contributed by atoms with E-state index in [2.05, 4.69) is 19.9 Å². The zero-order valence-corrected chi connectivity index (χ0v) is 16.8. The molecule has 0 spiro atoms. The highest BCUT2D eigenvalue weighted by Crippen LogP contribution is 2.33. The van der Waals surface area contributed by atoms with Crippen molar-refractivity contribution in [1.29, 1.82) is 0 Å². The monoisotopic (exact) mass is 394 g/mol. The van der Waals surface area contributed by atoms with E-state index in [0.29, 0.717) is 30.5 Å². The molecule has 27 heavy (non-hydrogen) atoms. The quantitative estimate of drug-likeness (QED) is 0.779. The molecule has 1 fully saturated rings. The lowest BCUT2D eigenvalue weighted by Crippen LogP contribution is -2.41. The highest BCUT2D eigenvalue weighted by molar-refractivity contribution is 7.89. The molecule has 0 bridgehead atoms. The minimum absolute atomic E-state index is 0.0158. The highest BCUT2D eigenvalue weighted by atomic mass is 32.2. The number of ether oxygens (including phenoxy) is 1. The van der Waals surface area contributed by atoms with Gasteiger partial charge >= 0.3 is 0 Å². The van der Waals surface area contributed by atoms with Crippen molar-refractivity contribution in [3.63, 3.8) is 0 Å². The molecule has 9 nitrogen and oxygen atoms in total. The van der Waals surface area contributed by atoms with E-state index in [9.17, 15) is 8.42 Å². The molecule has 0 saturated carbocycles. The number of rotatable bonds is 4. The molecule has 4 rings (SSSR count). The minimum atomic E-state index is -3.62. The van der Waals surface area contributed by atoms with Gasteiger partial charge in [0.2, 0.25) is 10.0 Å². The van der Waals surface area contributed by atoms with Crippen LogP contribution >= 0.6 is 0 Å². The van der Waals surface area contributed by atoms with Gasteiger partial charge in [0, 0.05) is 38.3 Å². The summed E-state index contributed by atoms with van der Waals surface area (Å²) in [6, 6.07) is -0.0158. The Morgan fingerprint density at radius 2 is 2.00 bits per heavy atom. The Bertz CT molecular complexity index is 929. The summed E-state index contributed by atoms with van der Waals surface area (Å²) in [7, 11) is -3.62. The van der Waals surface area contributed by atoms with Crippen molar-refractivity contribution in [3.05, 3.63) is 23.5 Å². The summed E-state index contributed by atoms with van der Waals surface area (Å²) in [5, 5.41) is 12.9. The van der Waals surface area contributed by atoms with E-state index in [4.69, 9.17) is 4.74 Å². The summed E-state index contributed by atoms with van der Waals surface area (Å²) >= 11 is 0. The van der Waals surface area contributed by atoms with E-state index in [1.54, 1.807) is 11.6 Å². The zero-order valence-electron chi connectivity index (χ0n) is 16.0. The molecule has 0 N–H and O–H groups in total. The fourth-order valence-corrected chi connectivity index (χ4v) is 5.72. The SMILES string of the molecule is CCn1ncc(S(=O)(=O)N2Cc3nnc(C4CCOCC4)n3[C@@H](C)C2)c1C. The molecular formula is C17H26N6O3S. The van der Waals surface area contributed by atoms with Crippen LogP contribution in [0.4, 0.5) is 0 Å². The second-order valence-corrected chi connectivity index (χ2v) is 9.19. The summed E-state index contributed by atoms with van der Waals surface area (Å²) in [5.41, 5.74) is 0.667. The van der Waals surface area contributed by atoms with Crippen LogP contribution in [0, 0.1) is 6.92 Å². The number of hydrogen-bond donors (Lipinski definition) is 0. The second kappa shape index (κ2) is 6.99. The van der Waals surface area contributed by atoms with Crippen LogP contribution in [0.3, 0.4) is 0 Å². The average molecular weight is 395 g/mol. The Morgan fingerprint density at radius 3 is 2.67 bits per heavy atom. The molecule has 2 aromatic heterocycles. The van der Waals surface area contributed by atoms with Gasteiger partial charge in [-0.25, -0.2) is 8.42 Å². The number of nitrogens with zero attached hydrogens (tertiary/aromatic N) is 6. The van der Waals surface area contributed by atoms with Crippen molar-refractivity contribution < 1.29 is 13.2 Å². The summed E-state index contributed by atoms with van der Waals surface area (Å²) in [5.74, 6) is 2.00. The Kier molecular flexibility index (Phi) is 4.81. The fraction of sp³-hybridized carbons (Fsp3) is 0.706. The standard InChI is InChI=1S/C17H26N6O3S/c1-4-22-13(3)15(9-18-22)27(24,25)21-10-12(2)23-16(11-21)19-20-17(23)14-5-7-26-8-6-14/h9,12,14H,4-8,10-11H2,1-3H3/t12-/m0/s1. The van der Waals surface area contributed by atoms with Crippen molar-refractivity contribution in [1.82, 2.24) is 28.9 Å². The molecule has 1 atom stereocenters. The van der Waals surface area contributed by atoms with Crippen LogP contribution in [0.25, 0.3) is 0 Å². The van der Waals surface area contributed by atoms with Crippen LogP contribution in [0.2, 0.25) is 0 Å². The van der Waals surface area contributed by atoms with Gasteiger partial charge in [-0.2, -0.15) is 9.40 Å². The first-order valence-electron chi connectivity index (χ1n) is 9.47. The zero-order chi connectivity index (χ0) is 19.2. The molecule has 0 radical (unpaired) electrons. The van der Waals surface area contributed by atoms with E-state index < -0.39 is 10.0 Å². The molecule has 1 saturated heterocycles. The van der Waals surface area contributed by atoms with Gasteiger partial charge in [0.25, 0.3) is 0 Å². The molecule has 10 heteroatoms. The predicted molar refractivity (Wildman–Crippen MR) is 97.8 cm³/mol. The van der Waals surface area contributed by atoms with Crippen molar-refractivity contribution in [2.24, 2.45) is 0 Å². The maximum atomic E-state index is 13.2. The first-order chi connectivity index (χ1) is 12.9. The third kappa shape index (κ3) is 3.09. The van der Waals surface area contributed by atoms with Crippen LogP contribution in [0.15, 0.2) is 11.1 Å². The fourth-order valence-electron chi connectivity index (χ4n) is 4.08. The Morgan fingerprint density at radius 1 is 1.26 bits per heavy atom. The normalized spacial score (nSPS) is 22.1. The predicted octanol–water partition coefficient (Wildman–Crippen LogP) is 1.46. The van der Waals surface area contributed by atoms with Gasteiger partial charge < -0.3 is 9.30 Å². The van der Waals surface area contributed by atoms with E-state index in [-0.39, 0.29) is 17.5 Å². The summed E-state index contributed by atoms with van der Waals surface area (Å²) in [6.45, 7) is 8.52. The van der Waals surface area contributed by atoms with E-state index >= 15 is 0 Å². The molecular weight excluding hydrogens is 368 g/mol. The number of aromatic nitrogens is 5. The van der Waals surface area contributed by atoms with Crippen LogP contribution in [-0.2, 0) is 27.8 Å². The second-order valence-electron chi connectivity index (χ2n) is 7.29. The largest absolute Gasteiger partial charge is 0.381 e. The minimum Gasteiger partial charge on any atom is -0.381 e. The molecule has 4 heterocycles. The van der Waals surface area contributed by atoms with Crippen LogP contribution < -0.4 is 0 Å². The molecule has 148 valence electrons. The van der Waals surface area contributed by atoms with Gasteiger partial charge in [-0.15, -0.1) is 10.2 Å². The lowest BCUT2D eigenvalue weighted by molar-refractivity contribution is 0.0820. The third-order valence-electron chi connectivity index (χ3n) is 5.58. The maximum absolute atomic E-state index is 13.2. The van der Waals surface area contributed by atoms with Crippen LogP contribution in [0.1, 0.15) is 56.0 Å². The molecule has 0 amide bonds. The summed E-state index contributed by atoms with van der Waals surface area (Å²) in [4.78, 5) is 0.272. The topological polar surface area (TPSA) is 95.1 Å². The lowest BCUT2D eigenvalue weighted by atomic mass is 9.99. The molecule has 2 aromatic rings. The summed E-state index contributed by atoms with van der Waals surface area (Å²) < 4.78 is 37.2. The molecule has 0 aliphatic carbocycles. The van der Waals surface area contributed by atoms with E-state index in [0.717, 1.165) is 31.9 Å². The van der Waals surface area contributed by atoms with E-state index in [1.165, 1.54) is 10.5 Å². The smallest absolute Gasteiger partial charge is 0.246 e. The summed E-state index contributed by atoms with van der Waals surface area (Å²) in [6.07, 6.45) is 3.32. The first kappa shape index (κ1) is 18.6. The average Bonchev–Trinajstić information content (AvgIpc) is 3.26. The number of aryl methyl sites for hydroxylation is 1. The molecule has 0 aromatic carbocycles. The van der Waals surface area contributed by atoms with Gasteiger partial charge in [0.05, 0.1) is 18.4 Å². The Hall–Kier alpha value is -1.78. The van der Waals surface area contributed by atoms with Crippen LogP contribution in [0.5, 0.6) is 0 Å². The van der Waals surface area contributed by atoms with Gasteiger partial charge in [-0.05, 0) is 33.6 Å². The molecule has 0 unspecified atom stereocenters. The number of sulfonamides is 1.